The molecule has 7 heteroatoms. The monoisotopic (exact) mass is 408 g/mol. The number of benzene rings is 2. The van der Waals surface area contributed by atoms with Crippen LogP contribution < -0.4 is 10.1 Å². The number of nitrogens with zero attached hydrogens (tertiary/aromatic N) is 3. The Morgan fingerprint density at radius 2 is 2.03 bits per heavy atom. The fourth-order valence-electron chi connectivity index (χ4n) is 3.14. The van der Waals surface area contributed by atoms with Crippen LogP contribution in [0.5, 0.6) is 5.75 Å². The van der Waals surface area contributed by atoms with Crippen molar-refractivity contribution in [2.24, 2.45) is 0 Å². The van der Waals surface area contributed by atoms with Gasteiger partial charge in [0.15, 0.2) is 0 Å². The fraction of sp³-hybridized carbons (Fsp3) is 0.227. The highest BCUT2D eigenvalue weighted by molar-refractivity contribution is 7.16. The highest BCUT2D eigenvalue weighted by Crippen LogP contribution is 2.28. The Morgan fingerprint density at radius 3 is 2.90 bits per heavy atom. The summed E-state index contributed by atoms with van der Waals surface area (Å²) in [7, 11) is 0. The van der Waals surface area contributed by atoms with Crippen LogP contribution in [0.25, 0.3) is 21.5 Å². The first kappa shape index (κ1) is 19.3. The fourth-order valence-corrected chi connectivity index (χ4v) is 3.86. The minimum atomic E-state index is -0.506. The van der Waals surface area contributed by atoms with Crippen molar-refractivity contribution in [1.82, 2.24) is 15.0 Å². The normalized spacial score (nSPS) is 12.1. The number of aromatic nitrogens is 3. The molecule has 148 valence electrons. The van der Waals surface area contributed by atoms with Gasteiger partial charge >= 0.3 is 0 Å². The largest absolute Gasteiger partial charge is 0.491 e. The molecule has 2 heterocycles. The van der Waals surface area contributed by atoms with Gasteiger partial charge in [0.05, 0.1) is 27.5 Å². The standard InChI is InChI=1S/C22H21FN4OS/c1-14(16-4-3-5-18(10-16)28-9-8-23)25-22-12-20(26-15(2)27-22)17-6-7-19-21(11-17)29-13-24-19/h3-7,10-14H,8-9H2,1-2H3,(H,25,26,27). The molecule has 0 aliphatic carbocycles. The highest BCUT2D eigenvalue weighted by Gasteiger charge is 2.11. The SMILES string of the molecule is Cc1nc(NC(C)c2cccc(OCCF)c2)cc(-c2ccc3ncsc3c2)n1. The molecule has 4 aromatic rings. The summed E-state index contributed by atoms with van der Waals surface area (Å²) in [5, 5.41) is 3.43. The summed E-state index contributed by atoms with van der Waals surface area (Å²) in [6.07, 6.45) is 0. The molecule has 0 aliphatic heterocycles. The molecule has 2 aromatic heterocycles. The van der Waals surface area contributed by atoms with Gasteiger partial charge in [0.1, 0.15) is 30.7 Å². The summed E-state index contributed by atoms with van der Waals surface area (Å²) < 4.78 is 18.9. The minimum Gasteiger partial charge on any atom is -0.491 e. The maximum Gasteiger partial charge on any atom is 0.130 e. The van der Waals surface area contributed by atoms with Crippen molar-refractivity contribution < 1.29 is 9.13 Å². The van der Waals surface area contributed by atoms with Crippen molar-refractivity contribution in [3.63, 3.8) is 0 Å². The molecule has 0 fully saturated rings. The van der Waals surface area contributed by atoms with Crippen LogP contribution in [-0.2, 0) is 0 Å². The molecular weight excluding hydrogens is 387 g/mol. The van der Waals surface area contributed by atoms with Crippen molar-refractivity contribution in [1.29, 1.82) is 0 Å². The molecule has 0 saturated carbocycles. The molecular formula is C22H21FN4OS. The lowest BCUT2D eigenvalue weighted by Crippen LogP contribution is -2.09. The molecule has 1 atom stereocenters. The van der Waals surface area contributed by atoms with Gasteiger partial charge in [-0.2, -0.15) is 0 Å². The van der Waals surface area contributed by atoms with E-state index in [2.05, 4.69) is 33.3 Å². The van der Waals surface area contributed by atoms with Crippen molar-refractivity contribution in [3.8, 4) is 17.0 Å². The molecule has 1 N–H and O–H groups in total. The van der Waals surface area contributed by atoms with E-state index in [4.69, 9.17) is 4.74 Å². The summed E-state index contributed by atoms with van der Waals surface area (Å²) in [6.45, 7) is 3.49. The molecule has 1 unspecified atom stereocenters. The summed E-state index contributed by atoms with van der Waals surface area (Å²) in [5.74, 6) is 2.10. The molecule has 0 aliphatic rings. The van der Waals surface area contributed by atoms with E-state index in [0.29, 0.717) is 11.6 Å². The average molecular weight is 409 g/mol. The second-order valence-corrected chi connectivity index (χ2v) is 7.58. The number of fused-ring (bicyclic) bond motifs is 1. The molecule has 0 radical (unpaired) electrons. The van der Waals surface area contributed by atoms with Gasteiger partial charge in [0.25, 0.3) is 0 Å². The van der Waals surface area contributed by atoms with Gasteiger partial charge in [-0.25, -0.2) is 19.3 Å². The molecule has 4 rings (SSSR count). The summed E-state index contributed by atoms with van der Waals surface area (Å²) >= 11 is 1.61. The zero-order valence-corrected chi connectivity index (χ0v) is 17.0. The second-order valence-electron chi connectivity index (χ2n) is 6.70. The lowest BCUT2D eigenvalue weighted by atomic mass is 10.1. The number of rotatable bonds is 7. The van der Waals surface area contributed by atoms with Crippen molar-refractivity contribution in [2.45, 2.75) is 19.9 Å². The number of hydrogen-bond acceptors (Lipinski definition) is 6. The molecule has 0 amide bonds. The highest BCUT2D eigenvalue weighted by atomic mass is 32.1. The van der Waals surface area contributed by atoms with Crippen LogP contribution in [0.1, 0.15) is 24.4 Å². The van der Waals surface area contributed by atoms with Crippen LogP contribution in [0.4, 0.5) is 10.2 Å². The lowest BCUT2D eigenvalue weighted by molar-refractivity contribution is 0.273. The number of anilines is 1. The topological polar surface area (TPSA) is 59.9 Å². The van der Waals surface area contributed by atoms with Gasteiger partial charge in [0, 0.05) is 11.6 Å². The second kappa shape index (κ2) is 8.53. The van der Waals surface area contributed by atoms with Crippen LogP contribution in [0.15, 0.2) is 54.0 Å². The van der Waals surface area contributed by atoms with E-state index < -0.39 is 6.67 Å². The van der Waals surface area contributed by atoms with Gasteiger partial charge in [-0.15, -0.1) is 11.3 Å². The first-order chi connectivity index (χ1) is 14.1. The Balaban J connectivity index is 1.57. The molecule has 2 aromatic carbocycles. The van der Waals surface area contributed by atoms with Gasteiger partial charge in [-0.1, -0.05) is 18.2 Å². The van der Waals surface area contributed by atoms with Gasteiger partial charge in [-0.05, 0) is 43.7 Å². The third kappa shape index (κ3) is 4.51. The maximum atomic E-state index is 12.4. The Kier molecular flexibility index (Phi) is 5.67. The quantitative estimate of drug-likeness (QED) is 0.432. The molecule has 0 spiro atoms. The summed E-state index contributed by atoms with van der Waals surface area (Å²) in [6, 6.07) is 15.8. The van der Waals surface area contributed by atoms with E-state index in [0.717, 1.165) is 32.9 Å². The predicted molar refractivity (Wildman–Crippen MR) is 115 cm³/mol. The summed E-state index contributed by atoms with van der Waals surface area (Å²) in [4.78, 5) is 13.5. The van der Waals surface area contributed by atoms with E-state index >= 15 is 0 Å². The number of halogens is 1. The Bertz CT molecular complexity index is 1130. The smallest absolute Gasteiger partial charge is 0.130 e. The number of aryl methyl sites for hydroxylation is 1. The van der Waals surface area contributed by atoms with Crippen molar-refractivity contribution in [2.75, 3.05) is 18.6 Å². The maximum absolute atomic E-state index is 12.4. The number of alkyl halides is 1. The van der Waals surface area contributed by atoms with Gasteiger partial charge < -0.3 is 10.1 Å². The lowest BCUT2D eigenvalue weighted by Gasteiger charge is -2.17. The first-order valence-corrected chi connectivity index (χ1v) is 10.2. The molecule has 0 bridgehead atoms. The zero-order chi connectivity index (χ0) is 20.2. The predicted octanol–water partition coefficient (Wildman–Crippen LogP) is 5.58. The number of nitrogens with one attached hydrogen (secondary N) is 1. The zero-order valence-electron chi connectivity index (χ0n) is 16.2. The third-order valence-electron chi connectivity index (χ3n) is 4.53. The number of hydrogen-bond donors (Lipinski definition) is 1. The Labute approximate surface area is 172 Å². The number of thiazole rings is 1. The van der Waals surface area contributed by atoms with Crippen molar-refractivity contribution >= 4 is 27.4 Å². The molecule has 0 saturated heterocycles. The summed E-state index contributed by atoms with van der Waals surface area (Å²) in [5.41, 5.74) is 5.77. The average Bonchev–Trinajstić information content (AvgIpc) is 3.20. The molecule has 5 nitrogen and oxygen atoms in total. The van der Waals surface area contributed by atoms with E-state index in [1.807, 2.05) is 54.9 Å². The van der Waals surface area contributed by atoms with Crippen LogP contribution in [-0.4, -0.2) is 28.2 Å². The first-order valence-electron chi connectivity index (χ1n) is 9.37. The minimum absolute atomic E-state index is 0.00458. The Morgan fingerprint density at radius 1 is 1.14 bits per heavy atom. The van der Waals surface area contributed by atoms with Crippen molar-refractivity contribution in [3.05, 3.63) is 65.4 Å². The van der Waals surface area contributed by atoms with E-state index in [1.54, 1.807) is 11.3 Å². The van der Waals surface area contributed by atoms with Gasteiger partial charge in [-0.3, -0.25) is 0 Å². The van der Waals surface area contributed by atoms with E-state index in [1.165, 1.54) is 0 Å². The van der Waals surface area contributed by atoms with E-state index in [9.17, 15) is 4.39 Å². The van der Waals surface area contributed by atoms with Gasteiger partial charge in [0.2, 0.25) is 0 Å². The third-order valence-corrected chi connectivity index (χ3v) is 5.33. The van der Waals surface area contributed by atoms with Crippen LogP contribution in [0.3, 0.4) is 0 Å². The van der Waals surface area contributed by atoms with Crippen LogP contribution in [0.2, 0.25) is 0 Å². The van der Waals surface area contributed by atoms with E-state index in [-0.39, 0.29) is 12.6 Å². The van der Waals surface area contributed by atoms with Crippen LogP contribution >= 0.6 is 11.3 Å². The van der Waals surface area contributed by atoms with Crippen LogP contribution in [0, 0.1) is 6.92 Å². The number of ether oxygens (including phenoxy) is 1. The molecule has 29 heavy (non-hydrogen) atoms. The Hall–Kier alpha value is -3.06.